The molecule has 0 atom stereocenters. The summed E-state index contributed by atoms with van der Waals surface area (Å²) in [4.78, 5) is 2.45. The minimum absolute atomic E-state index is 0.845. The molecule has 1 aliphatic heterocycles. The van der Waals surface area contributed by atoms with E-state index in [0.29, 0.717) is 0 Å². The summed E-state index contributed by atoms with van der Waals surface area (Å²) in [6.45, 7) is 8.65. The van der Waals surface area contributed by atoms with Gasteiger partial charge in [0.1, 0.15) is 0 Å². The smallest absolute Gasteiger partial charge is 0.0478 e. The number of nitrogens with one attached hydrogen (secondary N) is 1. The molecule has 0 aliphatic carbocycles. The summed E-state index contributed by atoms with van der Waals surface area (Å²) in [5, 5.41) is 3.41. The van der Waals surface area contributed by atoms with Crippen molar-refractivity contribution in [2.45, 2.75) is 26.2 Å². The van der Waals surface area contributed by atoms with Gasteiger partial charge in [-0.1, -0.05) is 0 Å². The van der Waals surface area contributed by atoms with Gasteiger partial charge in [0, 0.05) is 26.3 Å². The lowest BCUT2D eigenvalue weighted by Crippen LogP contribution is -2.35. The molecule has 3 heteroatoms. The van der Waals surface area contributed by atoms with Crippen LogP contribution in [0.5, 0.6) is 0 Å². The molecule has 1 heterocycles. The lowest BCUT2D eigenvalue weighted by molar-refractivity contribution is 0.131. The molecule has 0 radical (unpaired) electrons. The third-order valence-corrected chi connectivity index (χ3v) is 3.06. The second-order valence-corrected chi connectivity index (χ2v) is 4.51. The molecule has 0 aromatic heterocycles. The molecule has 0 unspecified atom stereocenters. The second kappa shape index (κ2) is 8.08. The zero-order valence-electron chi connectivity index (χ0n) is 10.3. The van der Waals surface area contributed by atoms with Gasteiger partial charge < -0.3 is 15.0 Å². The lowest BCUT2D eigenvalue weighted by Gasteiger charge is -2.27. The number of hydrogen-bond donors (Lipinski definition) is 1. The van der Waals surface area contributed by atoms with E-state index in [4.69, 9.17) is 4.74 Å². The Kier molecular flexibility index (Phi) is 6.98. The van der Waals surface area contributed by atoms with Crippen LogP contribution in [0.2, 0.25) is 0 Å². The van der Waals surface area contributed by atoms with Crippen LogP contribution in [0.4, 0.5) is 0 Å². The summed E-state index contributed by atoms with van der Waals surface area (Å²) in [7, 11) is 2.23. The van der Waals surface area contributed by atoms with E-state index < -0.39 is 0 Å². The van der Waals surface area contributed by atoms with E-state index in [1.807, 2.05) is 0 Å². The molecule has 1 aliphatic rings. The summed E-state index contributed by atoms with van der Waals surface area (Å²) in [5.74, 6) is 0.906. The first-order valence-electron chi connectivity index (χ1n) is 6.30. The van der Waals surface area contributed by atoms with Crippen LogP contribution in [-0.2, 0) is 4.74 Å². The molecule has 1 saturated heterocycles. The van der Waals surface area contributed by atoms with Crippen molar-refractivity contribution in [1.82, 2.24) is 10.2 Å². The Bertz CT molecular complexity index is 147. The highest BCUT2D eigenvalue weighted by Gasteiger charge is 2.14. The average molecular weight is 214 g/mol. The van der Waals surface area contributed by atoms with E-state index in [2.05, 4.69) is 24.2 Å². The highest BCUT2D eigenvalue weighted by atomic mass is 16.5. The fourth-order valence-electron chi connectivity index (χ4n) is 2.18. The molecule has 1 rings (SSSR count). The topological polar surface area (TPSA) is 24.5 Å². The fraction of sp³-hybridized carbons (Fsp3) is 1.00. The van der Waals surface area contributed by atoms with Crippen LogP contribution >= 0.6 is 0 Å². The van der Waals surface area contributed by atoms with E-state index in [9.17, 15) is 0 Å². The fourth-order valence-corrected chi connectivity index (χ4v) is 2.18. The van der Waals surface area contributed by atoms with Crippen molar-refractivity contribution in [2.75, 3.05) is 46.4 Å². The number of nitrogens with zero attached hydrogens (tertiary/aromatic N) is 1. The van der Waals surface area contributed by atoms with E-state index in [1.165, 1.54) is 39.0 Å². The first kappa shape index (κ1) is 12.9. The van der Waals surface area contributed by atoms with Gasteiger partial charge in [-0.05, 0) is 52.2 Å². The molecule has 0 saturated carbocycles. The van der Waals surface area contributed by atoms with Gasteiger partial charge in [0.05, 0.1) is 0 Å². The summed E-state index contributed by atoms with van der Waals surface area (Å²) in [5.41, 5.74) is 0. The van der Waals surface area contributed by atoms with Gasteiger partial charge in [0.2, 0.25) is 0 Å². The zero-order valence-corrected chi connectivity index (χ0v) is 10.3. The van der Waals surface area contributed by atoms with Gasteiger partial charge in [-0.25, -0.2) is 0 Å². The predicted octanol–water partition coefficient (Wildman–Crippen LogP) is 1.34. The van der Waals surface area contributed by atoms with Crippen molar-refractivity contribution in [3.63, 3.8) is 0 Å². The number of rotatable bonds is 7. The molecule has 0 aromatic carbocycles. The molecule has 15 heavy (non-hydrogen) atoms. The quantitative estimate of drug-likeness (QED) is 0.647. The third kappa shape index (κ3) is 6.13. The summed E-state index contributed by atoms with van der Waals surface area (Å²) >= 11 is 0. The average Bonchev–Trinajstić information content (AvgIpc) is 2.26. The van der Waals surface area contributed by atoms with Gasteiger partial charge >= 0.3 is 0 Å². The maximum absolute atomic E-state index is 5.34. The first-order chi connectivity index (χ1) is 7.33. The zero-order chi connectivity index (χ0) is 10.9. The maximum atomic E-state index is 5.34. The normalized spacial score (nSPS) is 18.6. The Morgan fingerprint density at radius 1 is 1.33 bits per heavy atom. The number of piperidine rings is 1. The van der Waals surface area contributed by atoms with Crippen molar-refractivity contribution < 1.29 is 4.74 Å². The molecule has 0 aromatic rings. The van der Waals surface area contributed by atoms with Crippen LogP contribution in [0.25, 0.3) is 0 Å². The Hall–Kier alpha value is -0.120. The van der Waals surface area contributed by atoms with Crippen LogP contribution in [0.1, 0.15) is 26.2 Å². The molecule has 0 spiro atoms. The van der Waals surface area contributed by atoms with E-state index in [1.54, 1.807) is 0 Å². The van der Waals surface area contributed by atoms with Crippen LogP contribution in [-0.4, -0.2) is 51.3 Å². The third-order valence-electron chi connectivity index (χ3n) is 3.06. The number of ether oxygens (including phenoxy) is 1. The van der Waals surface area contributed by atoms with Crippen molar-refractivity contribution in [1.29, 1.82) is 0 Å². The minimum atomic E-state index is 0.845. The first-order valence-corrected chi connectivity index (χ1v) is 6.30. The Morgan fingerprint density at radius 2 is 2.07 bits per heavy atom. The van der Waals surface area contributed by atoms with Crippen LogP contribution in [0.15, 0.2) is 0 Å². The van der Waals surface area contributed by atoms with Crippen molar-refractivity contribution in [2.24, 2.45) is 5.92 Å². The Morgan fingerprint density at radius 3 is 2.73 bits per heavy atom. The minimum Gasteiger partial charge on any atom is -0.382 e. The standard InChI is InChI=1S/C12H26N2O/c1-3-15-10-4-9-14(2)11-12-5-7-13-8-6-12/h12-13H,3-11H2,1-2H3. The van der Waals surface area contributed by atoms with Gasteiger partial charge in [-0.2, -0.15) is 0 Å². The molecule has 3 nitrogen and oxygen atoms in total. The Labute approximate surface area is 94.2 Å². The van der Waals surface area contributed by atoms with Crippen LogP contribution in [0, 0.1) is 5.92 Å². The highest BCUT2D eigenvalue weighted by molar-refractivity contribution is 4.71. The number of hydrogen-bond acceptors (Lipinski definition) is 3. The van der Waals surface area contributed by atoms with Gasteiger partial charge in [0.15, 0.2) is 0 Å². The highest BCUT2D eigenvalue weighted by Crippen LogP contribution is 2.12. The van der Waals surface area contributed by atoms with Crippen molar-refractivity contribution in [3.05, 3.63) is 0 Å². The summed E-state index contributed by atoms with van der Waals surface area (Å²) in [6.07, 6.45) is 3.85. The molecule has 0 bridgehead atoms. The van der Waals surface area contributed by atoms with Crippen molar-refractivity contribution in [3.8, 4) is 0 Å². The molecular formula is C12H26N2O. The molecule has 90 valence electrons. The molecule has 0 amide bonds. The monoisotopic (exact) mass is 214 g/mol. The molecular weight excluding hydrogens is 188 g/mol. The second-order valence-electron chi connectivity index (χ2n) is 4.51. The van der Waals surface area contributed by atoms with Gasteiger partial charge in [-0.15, -0.1) is 0 Å². The largest absolute Gasteiger partial charge is 0.382 e. The van der Waals surface area contributed by atoms with E-state index in [0.717, 1.165) is 25.6 Å². The van der Waals surface area contributed by atoms with Crippen LogP contribution in [0.3, 0.4) is 0 Å². The van der Waals surface area contributed by atoms with Gasteiger partial charge in [-0.3, -0.25) is 0 Å². The maximum Gasteiger partial charge on any atom is 0.0478 e. The van der Waals surface area contributed by atoms with Crippen LogP contribution < -0.4 is 5.32 Å². The Balaban J connectivity index is 1.98. The molecule has 1 N–H and O–H groups in total. The lowest BCUT2D eigenvalue weighted by atomic mass is 9.98. The summed E-state index contributed by atoms with van der Waals surface area (Å²) < 4.78 is 5.34. The summed E-state index contributed by atoms with van der Waals surface area (Å²) in [6, 6.07) is 0. The van der Waals surface area contributed by atoms with Gasteiger partial charge in [0.25, 0.3) is 0 Å². The van der Waals surface area contributed by atoms with Crippen molar-refractivity contribution >= 4 is 0 Å². The predicted molar refractivity (Wildman–Crippen MR) is 64.2 cm³/mol. The van der Waals surface area contributed by atoms with E-state index in [-0.39, 0.29) is 0 Å². The molecule has 1 fully saturated rings. The van der Waals surface area contributed by atoms with E-state index >= 15 is 0 Å². The SMILES string of the molecule is CCOCCCN(C)CC1CCNCC1.